The highest BCUT2D eigenvalue weighted by molar-refractivity contribution is 7.90. The van der Waals surface area contributed by atoms with E-state index in [1.54, 1.807) is 0 Å². The molecule has 12 nitrogen and oxygen atoms in total. The van der Waals surface area contributed by atoms with Crippen molar-refractivity contribution in [3.8, 4) is 0 Å². The second kappa shape index (κ2) is 9.01. The second-order valence-corrected chi connectivity index (χ2v) is 9.77. The average Bonchev–Trinajstić information content (AvgIpc) is 2.75. The molecule has 0 bridgehead atoms. The zero-order valence-corrected chi connectivity index (χ0v) is 18.5. The van der Waals surface area contributed by atoms with Crippen molar-refractivity contribution in [2.24, 2.45) is 8.80 Å². The molecule has 0 heterocycles. The van der Waals surface area contributed by atoms with Crippen LogP contribution in [-0.4, -0.2) is 38.1 Å². The predicted octanol–water partition coefficient (Wildman–Crippen LogP) is 3.16. The molecule has 0 aromatic heterocycles. The topological polar surface area (TPSA) is 179 Å². The van der Waals surface area contributed by atoms with E-state index < -0.39 is 51.1 Å². The number of sulfonamides is 2. The van der Waals surface area contributed by atoms with Gasteiger partial charge in [0.05, 0.1) is 26.3 Å². The first kappa shape index (κ1) is 23.9. The Balaban J connectivity index is 1.99. The van der Waals surface area contributed by atoms with E-state index in [2.05, 4.69) is 8.80 Å². The molecule has 0 amide bonds. The van der Waals surface area contributed by atoms with Crippen LogP contribution in [0.15, 0.2) is 90.4 Å². The Morgan fingerprint density at radius 2 is 1.18 bits per heavy atom. The van der Waals surface area contributed by atoms with Gasteiger partial charge in [-0.2, -0.15) is 25.6 Å². The summed E-state index contributed by atoms with van der Waals surface area (Å²) in [7, 11) is -9.05. The highest BCUT2D eigenvalue weighted by Crippen LogP contribution is 2.27. The standard InChI is InChI=1S/C18H11ClN4O8S2/c19-13-11-12(20-32(28,29)17-7-3-1-5-15(17)22(24)25)9-10-14(13)21-33(30,31)18-8-4-2-6-16(18)23(26)27/h1-11H/b20-12-,21-14-. The number of rotatable bonds is 6. The number of hydrogen-bond acceptors (Lipinski definition) is 8. The molecule has 33 heavy (non-hydrogen) atoms. The Bertz CT molecular complexity index is 1510. The van der Waals surface area contributed by atoms with Crippen LogP contribution in [0.25, 0.3) is 0 Å². The zero-order chi connectivity index (χ0) is 24.4. The van der Waals surface area contributed by atoms with Crippen molar-refractivity contribution >= 4 is 54.4 Å². The van der Waals surface area contributed by atoms with Crippen LogP contribution < -0.4 is 0 Å². The van der Waals surface area contributed by atoms with Crippen molar-refractivity contribution in [3.63, 3.8) is 0 Å². The summed E-state index contributed by atoms with van der Waals surface area (Å²) in [6.07, 6.45) is 3.11. The van der Waals surface area contributed by atoms with E-state index in [-0.39, 0.29) is 16.5 Å². The van der Waals surface area contributed by atoms with Gasteiger partial charge in [0, 0.05) is 12.1 Å². The average molecular weight is 511 g/mol. The molecule has 0 spiro atoms. The van der Waals surface area contributed by atoms with Crippen LogP contribution in [0, 0.1) is 20.2 Å². The van der Waals surface area contributed by atoms with Gasteiger partial charge in [0.1, 0.15) is 0 Å². The lowest BCUT2D eigenvalue weighted by molar-refractivity contribution is -0.388. The Hall–Kier alpha value is -3.75. The summed E-state index contributed by atoms with van der Waals surface area (Å²) >= 11 is 6.03. The van der Waals surface area contributed by atoms with E-state index in [4.69, 9.17) is 11.6 Å². The zero-order valence-electron chi connectivity index (χ0n) is 16.1. The maximum Gasteiger partial charge on any atom is 0.289 e. The van der Waals surface area contributed by atoms with Crippen LogP contribution in [0.1, 0.15) is 0 Å². The summed E-state index contributed by atoms with van der Waals surface area (Å²) in [6, 6.07) is 9.19. The summed E-state index contributed by atoms with van der Waals surface area (Å²) < 4.78 is 57.2. The van der Waals surface area contributed by atoms with E-state index in [9.17, 15) is 37.1 Å². The summed E-state index contributed by atoms with van der Waals surface area (Å²) in [4.78, 5) is 19.2. The predicted molar refractivity (Wildman–Crippen MR) is 119 cm³/mol. The lowest BCUT2D eigenvalue weighted by Gasteiger charge is -2.08. The van der Waals surface area contributed by atoms with Crippen molar-refractivity contribution in [2.75, 3.05) is 0 Å². The van der Waals surface area contributed by atoms with Gasteiger partial charge in [0.2, 0.25) is 0 Å². The molecule has 1 aliphatic carbocycles. The third-order valence-electron chi connectivity index (χ3n) is 4.06. The number of nitrogens with zero attached hydrogens (tertiary/aromatic N) is 4. The molecule has 0 fully saturated rings. The van der Waals surface area contributed by atoms with E-state index in [0.29, 0.717) is 0 Å². The van der Waals surface area contributed by atoms with Gasteiger partial charge >= 0.3 is 0 Å². The second-order valence-electron chi connectivity index (χ2n) is 6.22. The van der Waals surface area contributed by atoms with Crippen LogP contribution in [-0.2, 0) is 20.0 Å². The Kier molecular flexibility index (Phi) is 6.53. The monoisotopic (exact) mass is 510 g/mol. The molecule has 0 saturated heterocycles. The first-order valence-corrected chi connectivity index (χ1v) is 11.9. The number of nitro benzene ring substituents is 2. The molecule has 0 unspecified atom stereocenters. The van der Waals surface area contributed by atoms with Crippen molar-refractivity contribution in [2.45, 2.75) is 9.79 Å². The Morgan fingerprint density at radius 1 is 0.727 bits per heavy atom. The van der Waals surface area contributed by atoms with E-state index in [1.165, 1.54) is 24.3 Å². The van der Waals surface area contributed by atoms with E-state index >= 15 is 0 Å². The number of halogens is 1. The van der Waals surface area contributed by atoms with Crippen molar-refractivity contribution < 1.29 is 26.7 Å². The lowest BCUT2D eigenvalue weighted by atomic mass is 10.1. The minimum atomic E-state index is -4.54. The van der Waals surface area contributed by atoms with E-state index in [0.717, 1.165) is 42.5 Å². The normalized spacial score (nSPS) is 16.6. The molecule has 170 valence electrons. The number of para-hydroxylation sites is 2. The van der Waals surface area contributed by atoms with Crippen molar-refractivity contribution in [1.82, 2.24) is 0 Å². The van der Waals surface area contributed by atoms with Crippen LogP contribution in [0.4, 0.5) is 11.4 Å². The molecule has 2 aromatic carbocycles. The van der Waals surface area contributed by atoms with Crippen LogP contribution in [0.5, 0.6) is 0 Å². The Labute approximate surface area is 191 Å². The number of benzene rings is 2. The van der Waals surface area contributed by atoms with E-state index in [1.807, 2.05) is 0 Å². The van der Waals surface area contributed by atoms with Crippen LogP contribution in [0.3, 0.4) is 0 Å². The third kappa shape index (κ3) is 5.19. The summed E-state index contributed by atoms with van der Waals surface area (Å²) in [5.74, 6) is 0. The molecule has 0 radical (unpaired) electrons. The number of nitro groups is 2. The highest BCUT2D eigenvalue weighted by atomic mass is 35.5. The van der Waals surface area contributed by atoms with Crippen molar-refractivity contribution in [3.05, 3.63) is 92.0 Å². The minimum absolute atomic E-state index is 0.250. The maximum atomic E-state index is 12.6. The molecule has 3 rings (SSSR count). The molecular weight excluding hydrogens is 500 g/mol. The molecule has 0 aliphatic heterocycles. The Morgan fingerprint density at radius 3 is 1.64 bits per heavy atom. The SMILES string of the molecule is O=[N+]([O-])c1ccccc1S(=O)(=O)/N=C1C=C/C(=N/S(=O)(=O)c2ccccc2[N+](=O)[O-])C(Cl)=C/1. The first-order chi connectivity index (χ1) is 15.4. The van der Waals surface area contributed by atoms with Gasteiger partial charge < -0.3 is 0 Å². The molecule has 0 atom stereocenters. The fraction of sp³-hybridized carbons (Fsp3) is 0. The molecule has 1 aliphatic rings. The van der Waals surface area contributed by atoms with Gasteiger partial charge in [-0.15, -0.1) is 0 Å². The van der Waals surface area contributed by atoms with Gasteiger partial charge in [-0.05, 0) is 30.4 Å². The van der Waals surface area contributed by atoms with Crippen molar-refractivity contribution in [1.29, 1.82) is 0 Å². The molecule has 0 N–H and O–H groups in total. The molecule has 2 aromatic rings. The fourth-order valence-corrected chi connectivity index (χ4v) is 5.23. The van der Waals surface area contributed by atoms with Crippen LogP contribution >= 0.6 is 11.6 Å². The maximum absolute atomic E-state index is 12.6. The van der Waals surface area contributed by atoms with Gasteiger partial charge in [-0.25, -0.2) is 0 Å². The van der Waals surface area contributed by atoms with Gasteiger partial charge in [-0.3, -0.25) is 20.2 Å². The number of hydrogen-bond donors (Lipinski definition) is 0. The summed E-state index contributed by atoms with van der Waals surface area (Å²) in [5.41, 5.74) is -1.92. The smallest absolute Gasteiger partial charge is 0.258 e. The molecular formula is C18H11ClN4O8S2. The molecule has 15 heteroatoms. The van der Waals surface area contributed by atoms with Gasteiger partial charge in [0.25, 0.3) is 31.4 Å². The lowest BCUT2D eigenvalue weighted by Crippen LogP contribution is -2.11. The third-order valence-corrected chi connectivity index (χ3v) is 7.05. The van der Waals surface area contributed by atoms with Crippen LogP contribution in [0.2, 0.25) is 0 Å². The summed E-state index contributed by atoms with van der Waals surface area (Å²) in [5, 5.41) is 21.9. The quantitative estimate of drug-likeness (QED) is 0.322. The van der Waals surface area contributed by atoms with Gasteiger partial charge in [0.15, 0.2) is 9.79 Å². The van der Waals surface area contributed by atoms with Gasteiger partial charge in [-0.1, -0.05) is 35.9 Å². The number of allylic oxidation sites excluding steroid dienone is 4. The largest absolute Gasteiger partial charge is 0.289 e. The minimum Gasteiger partial charge on any atom is -0.258 e. The molecule has 0 saturated carbocycles. The first-order valence-electron chi connectivity index (χ1n) is 8.65. The summed E-state index contributed by atoms with van der Waals surface area (Å²) in [6.45, 7) is 0. The highest BCUT2D eigenvalue weighted by Gasteiger charge is 2.27. The fourth-order valence-electron chi connectivity index (χ4n) is 2.65.